The molecule has 0 atom stereocenters. The van der Waals surface area contributed by atoms with Crippen LogP contribution in [0.3, 0.4) is 0 Å². The van der Waals surface area contributed by atoms with Crippen molar-refractivity contribution in [1.29, 1.82) is 0 Å². The molecule has 0 unspecified atom stereocenters. The van der Waals surface area contributed by atoms with Gasteiger partial charge >= 0.3 is 255 Å². The molecular weight excluding hydrogens is 567 g/mol. The Bertz CT molecular complexity index is 1610. The quantitative estimate of drug-likeness (QED) is 0.268. The summed E-state index contributed by atoms with van der Waals surface area (Å²) in [6.07, 6.45) is 0. The Hall–Kier alpha value is -1.77. The van der Waals surface area contributed by atoms with Crippen LogP contribution in [0.2, 0.25) is 0 Å². The molecule has 1 nitrogen and oxygen atoms in total. The molecule has 2 aliphatic carbocycles. The first-order valence-corrected chi connectivity index (χ1v) is 20.0. The standard InChI is InChI=1S/C26H28O.C10H15.2ClH.Ti/c1-16-13-20(24(27)23(14-16)25(2,3)4)17-11-12-19-18-9-7-8-10-21(18)26(5,6)22(19)15-17;1-7-6-10(4,5)9(3)8(7)2;;;/h7-15,27H,1-6H3;1-5H3;2*1H;/q;;;;+3/p-3. The average Bonchev–Trinajstić information content (AvgIpc) is 3.18. The molecule has 0 radical (unpaired) electrons. The van der Waals surface area contributed by atoms with Gasteiger partial charge in [0.05, 0.1) is 0 Å². The normalized spacial score (nSPS) is 17.8. The van der Waals surface area contributed by atoms with E-state index in [2.05, 4.69) is 131 Å². The van der Waals surface area contributed by atoms with Crippen LogP contribution in [0.5, 0.6) is 5.75 Å². The fraction of sp³-hybridized carbons (Fsp3) is 0.389. The van der Waals surface area contributed by atoms with Crippen molar-refractivity contribution in [3.05, 3.63) is 97.4 Å². The summed E-state index contributed by atoms with van der Waals surface area (Å²) in [5.41, 5.74) is 13.2. The van der Waals surface area contributed by atoms with Crippen molar-refractivity contribution in [2.24, 2.45) is 5.41 Å². The van der Waals surface area contributed by atoms with Crippen LogP contribution in [-0.2, 0) is 25.7 Å². The molecule has 0 aliphatic heterocycles. The van der Waals surface area contributed by atoms with Gasteiger partial charge in [-0.05, 0) is 0 Å². The summed E-state index contributed by atoms with van der Waals surface area (Å²) >= 11 is -4.06. The maximum atomic E-state index is 7.45. The minimum atomic E-state index is -4.06. The number of halogens is 2. The number of benzene rings is 3. The van der Waals surface area contributed by atoms with Crippen LogP contribution in [0.4, 0.5) is 0 Å². The van der Waals surface area contributed by atoms with Crippen molar-refractivity contribution in [2.45, 2.75) is 87.0 Å². The van der Waals surface area contributed by atoms with Gasteiger partial charge in [0.25, 0.3) is 0 Å². The van der Waals surface area contributed by atoms with Crippen molar-refractivity contribution in [1.82, 2.24) is 0 Å². The van der Waals surface area contributed by atoms with Crippen LogP contribution < -0.4 is 3.32 Å². The zero-order valence-electron chi connectivity index (χ0n) is 25.9. The van der Waals surface area contributed by atoms with E-state index in [1.807, 2.05) is 0 Å². The van der Waals surface area contributed by atoms with E-state index in [9.17, 15) is 0 Å². The van der Waals surface area contributed by atoms with E-state index in [4.69, 9.17) is 21.9 Å². The molecule has 0 saturated heterocycles. The van der Waals surface area contributed by atoms with Crippen LogP contribution >= 0.6 is 18.6 Å². The van der Waals surface area contributed by atoms with Crippen molar-refractivity contribution in [3.8, 4) is 28.0 Å². The van der Waals surface area contributed by atoms with Crippen molar-refractivity contribution >= 4 is 18.6 Å². The van der Waals surface area contributed by atoms with E-state index in [1.54, 1.807) is 0 Å². The fourth-order valence-corrected chi connectivity index (χ4v) is 13.9. The molecule has 40 heavy (non-hydrogen) atoms. The maximum absolute atomic E-state index is 7.45. The zero-order chi connectivity index (χ0) is 29.6. The first-order valence-electron chi connectivity index (χ1n) is 14.3. The molecule has 2 aliphatic rings. The van der Waals surface area contributed by atoms with E-state index in [0.29, 0.717) is 0 Å². The summed E-state index contributed by atoms with van der Waals surface area (Å²) in [5.74, 6) is 0.828. The minimum absolute atomic E-state index is 0.0866. The van der Waals surface area contributed by atoms with Crippen molar-refractivity contribution in [2.75, 3.05) is 0 Å². The Labute approximate surface area is 253 Å². The second kappa shape index (κ2) is 9.63. The number of fused-ring (bicyclic) bond motifs is 3. The van der Waals surface area contributed by atoms with Crippen LogP contribution in [0, 0.1) is 12.3 Å². The van der Waals surface area contributed by atoms with Crippen LogP contribution in [0.25, 0.3) is 22.3 Å². The molecule has 5 rings (SSSR count). The Balaban J connectivity index is 1.71. The summed E-state index contributed by atoms with van der Waals surface area (Å²) in [5, 5.41) is 0. The Morgan fingerprint density at radius 1 is 0.700 bits per heavy atom. The van der Waals surface area contributed by atoms with Crippen LogP contribution in [0.15, 0.2) is 75.2 Å². The van der Waals surface area contributed by atoms with E-state index >= 15 is 0 Å². The van der Waals surface area contributed by atoms with Gasteiger partial charge in [0, 0.05) is 0 Å². The van der Waals surface area contributed by atoms with E-state index in [0.717, 1.165) is 26.3 Å². The Morgan fingerprint density at radius 2 is 1.32 bits per heavy atom. The summed E-state index contributed by atoms with van der Waals surface area (Å²) in [6.45, 7) is 24.5. The van der Waals surface area contributed by atoms with E-state index in [1.165, 1.54) is 44.5 Å². The van der Waals surface area contributed by atoms with Crippen LogP contribution in [-0.4, -0.2) is 0 Å². The molecule has 0 spiro atoms. The number of hydrogen-bond donors (Lipinski definition) is 0. The van der Waals surface area contributed by atoms with Gasteiger partial charge in [0.2, 0.25) is 0 Å². The molecule has 0 heterocycles. The predicted octanol–water partition coefficient (Wildman–Crippen LogP) is 11.7. The molecule has 0 aromatic heterocycles. The number of aryl methyl sites for hydroxylation is 1. The second-order valence-electron chi connectivity index (χ2n) is 13.9. The summed E-state index contributed by atoms with van der Waals surface area (Å²) < 4.78 is 8.15. The first-order chi connectivity index (χ1) is 18.4. The third-order valence-corrected chi connectivity index (χ3v) is 14.9. The van der Waals surface area contributed by atoms with Crippen molar-refractivity contribution in [3.63, 3.8) is 0 Å². The predicted molar refractivity (Wildman–Crippen MR) is 170 cm³/mol. The Kier molecular flexibility index (Phi) is 7.16. The average molecular weight is 610 g/mol. The van der Waals surface area contributed by atoms with Gasteiger partial charge in [-0.3, -0.25) is 0 Å². The molecule has 0 amide bonds. The number of allylic oxidation sites excluding steroid dienone is 4. The molecule has 0 bridgehead atoms. The van der Waals surface area contributed by atoms with Gasteiger partial charge in [-0.25, -0.2) is 0 Å². The molecule has 0 saturated carbocycles. The molecule has 210 valence electrons. The number of rotatable bonds is 4. The second-order valence-corrected chi connectivity index (χ2v) is 21.8. The summed E-state index contributed by atoms with van der Waals surface area (Å²) in [4.78, 5) is 0. The van der Waals surface area contributed by atoms with Gasteiger partial charge < -0.3 is 0 Å². The van der Waals surface area contributed by atoms with E-state index < -0.39 is 14.9 Å². The fourth-order valence-electron chi connectivity index (χ4n) is 6.88. The SMILES string of the molecule is CC1=C(C)C(C)(C)[C]([Ti]([Cl])([Cl])[O]c2c(-c3ccc4c(c3)C(C)(C)c3ccccc3-4)cc(C)cc2C(C)(C)C)=C1C. The van der Waals surface area contributed by atoms with Gasteiger partial charge in [0.15, 0.2) is 0 Å². The van der Waals surface area contributed by atoms with Crippen molar-refractivity contribution < 1.29 is 18.2 Å². The molecule has 0 N–H and O–H groups in total. The van der Waals surface area contributed by atoms with Gasteiger partial charge in [-0.2, -0.15) is 0 Å². The molecule has 4 heteroatoms. The van der Waals surface area contributed by atoms with E-state index in [-0.39, 0.29) is 16.2 Å². The molecule has 0 fully saturated rings. The van der Waals surface area contributed by atoms with Gasteiger partial charge in [-0.15, -0.1) is 0 Å². The zero-order valence-corrected chi connectivity index (χ0v) is 28.9. The summed E-state index contributed by atoms with van der Waals surface area (Å²) in [6, 6.07) is 20.1. The Morgan fingerprint density at radius 3 is 1.93 bits per heavy atom. The monoisotopic (exact) mass is 608 g/mol. The molecule has 3 aromatic rings. The third kappa shape index (κ3) is 4.57. The molecule has 3 aromatic carbocycles. The topological polar surface area (TPSA) is 9.23 Å². The van der Waals surface area contributed by atoms with Gasteiger partial charge in [0.1, 0.15) is 0 Å². The number of hydrogen-bond acceptors (Lipinski definition) is 1. The van der Waals surface area contributed by atoms with Crippen LogP contribution in [0.1, 0.15) is 91.5 Å². The first kappa shape index (κ1) is 29.7. The third-order valence-electron chi connectivity index (χ3n) is 9.52. The molecular formula is C36H42Cl2OTi. The summed E-state index contributed by atoms with van der Waals surface area (Å²) in [7, 11) is 14.9. The van der Waals surface area contributed by atoms with Gasteiger partial charge in [-0.1, -0.05) is 0 Å².